The third kappa shape index (κ3) is 3.81. The molecule has 1 rings (SSSR count). The Labute approximate surface area is 107 Å². The van der Waals surface area contributed by atoms with Gasteiger partial charge >= 0.3 is 0 Å². The summed E-state index contributed by atoms with van der Waals surface area (Å²) in [6.07, 6.45) is 4.43. The highest BCUT2D eigenvalue weighted by molar-refractivity contribution is 6.74. The number of nitrogens with zero attached hydrogens (tertiary/aromatic N) is 1. The molecule has 4 heteroatoms. The molecule has 0 aliphatic carbocycles. The number of hydrogen-bond acceptors (Lipinski definition) is 2. The predicted octanol–water partition coefficient (Wildman–Crippen LogP) is 3.02. The lowest BCUT2D eigenvalue weighted by Gasteiger charge is -2.40. The van der Waals surface area contributed by atoms with Crippen molar-refractivity contribution in [1.82, 2.24) is 4.90 Å². The monoisotopic (exact) mass is 257 g/mol. The lowest BCUT2D eigenvalue weighted by atomic mass is 10.0. The van der Waals surface area contributed by atoms with Crippen molar-refractivity contribution in [2.75, 3.05) is 13.2 Å². The molecule has 3 nitrogen and oxygen atoms in total. The van der Waals surface area contributed by atoms with Gasteiger partial charge in [-0.2, -0.15) is 0 Å². The largest absolute Gasteiger partial charge is 0.415 e. The van der Waals surface area contributed by atoms with Crippen LogP contribution in [0.4, 0.5) is 0 Å². The molecule has 1 atom stereocenters. The van der Waals surface area contributed by atoms with Crippen molar-refractivity contribution in [1.29, 1.82) is 0 Å². The number of rotatable bonds is 4. The topological polar surface area (TPSA) is 29.5 Å². The van der Waals surface area contributed by atoms with Crippen LogP contribution in [-0.4, -0.2) is 38.8 Å². The minimum atomic E-state index is -1.67. The number of carbonyl (C=O) groups excluding carboxylic acids is 1. The van der Waals surface area contributed by atoms with Crippen LogP contribution in [0, 0.1) is 0 Å². The van der Waals surface area contributed by atoms with E-state index in [4.69, 9.17) is 4.43 Å². The van der Waals surface area contributed by atoms with Gasteiger partial charge in [0, 0.05) is 6.54 Å². The zero-order chi connectivity index (χ0) is 13.1. The third-order valence-corrected chi connectivity index (χ3v) is 8.75. The first-order valence-electron chi connectivity index (χ1n) is 6.63. The van der Waals surface area contributed by atoms with E-state index in [9.17, 15) is 4.79 Å². The Bertz CT molecular complexity index is 261. The van der Waals surface area contributed by atoms with E-state index < -0.39 is 8.32 Å². The molecular formula is C13H27NO2Si. The molecule has 1 amide bonds. The van der Waals surface area contributed by atoms with Crippen molar-refractivity contribution in [2.24, 2.45) is 0 Å². The Morgan fingerprint density at radius 2 is 2.00 bits per heavy atom. The Kier molecular flexibility index (Phi) is 4.78. The van der Waals surface area contributed by atoms with Crippen LogP contribution in [0.15, 0.2) is 0 Å². The van der Waals surface area contributed by atoms with E-state index in [2.05, 4.69) is 33.9 Å². The smallest absolute Gasteiger partial charge is 0.210 e. The first-order valence-corrected chi connectivity index (χ1v) is 9.54. The van der Waals surface area contributed by atoms with Crippen molar-refractivity contribution in [3.63, 3.8) is 0 Å². The maximum absolute atomic E-state index is 11.0. The van der Waals surface area contributed by atoms with Gasteiger partial charge in [0.15, 0.2) is 8.32 Å². The second-order valence-corrected chi connectivity index (χ2v) is 11.4. The van der Waals surface area contributed by atoms with Crippen LogP contribution < -0.4 is 0 Å². The van der Waals surface area contributed by atoms with Gasteiger partial charge in [0.2, 0.25) is 6.41 Å². The Morgan fingerprint density at radius 3 is 2.53 bits per heavy atom. The standard InChI is InChI=1S/C13H27NO2Si/c1-13(2,3)17(4,5)16-10-12-8-6-7-9-14(12)11-15/h11-12H,6-10H2,1-5H3. The molecule has 0 spiro atoms. The average molecular weight is 257 g/mol. The molecule has 100 valence electrons. The summed E-state index contributed by atoms with van der Waals surface area (Å²) in [7, 11) is -1.67. The Morgan fingerprint density at radius 1 is 1.35 bits per heavy atom. The first kappa shape index (κ1) is 14.7. The van der Waals surface area contributed by atoms with Crippen LogP contribution in [-0.2, 0) is 9.22 Å². The van der Waals surface area contributed by atoms with Crippen molar-refractivity contribution < 1.29 is 9.22 Å². The quantitative estimate of drug-likeness (QED) is 0.572. The second kappa shape index (κ2) is 5.53. The van der Waals surface area contributed by atoms with E-state index in [0.29, 0.717) is 6.04 Å². The maximum Gasteiger partial charge on any atom is 0.210 e. The molecule has 17 heavy (non-hydrogen) atoms. The lowest BCUT2D eigenvalue weighted by molar-refractivity contribution is -0.122. The molecule has 1 fully saturated rings. The van der Waals surface area contributed by atoms with Crippen LogP contribution in [0.25, 0.3) is 0 Å². The minimum absolute atomic E-state index is 0.244. The molecule has 1 aliphatic heterocycles. The summed E-state index contributed by atoms with van der Waals surface area (Å²) in [4.78, 5) is 12.9. The third-order valence-electron chi connectivity index (χ3n) is 4.25. The lowest BCUT2D eigenvalue weighted by Crippen LogP contribution is -2.47. The summed E-state index contributed by atoms with van der Waals surface area (Å²) in [5, 5.41) is 0.244. The van der Waals surface area contributed by atoms with Gasteiger partial charge in [0.1, 0.15) is 0 Å². The maximum atomic E-state index is 11.0. The summed E-state index contributed by atoms with van der Waals surface area (Å²) >= 11 is 0. The van der Waals surface area contributed by atoms with Gasteiger partial charge in [-0.15, -0.1) is 0 Å². The van der Waals surface area contributed by atoms with Crippen molar-refractivity contribution >= 4 is 14.7 Å². The molecule has 0 bridgehead atoms. The summed E-state index contributed by atoms with van der Waals surface area (Å²) in [6, 6.07) is 0.301. The Hall–Kier alpha value is -0.353. The fourth-order valence-electron chi connectivity index (χ4n) is 1.86. The first-order chi connectivity index (χ1) is 7.78. The van der Waals surface area contributed by atoms with E-state index >= 15 is 0 Å². The zero-order valence-corrected chi connectivity index (χ0v) is 13.0. The number of hydrogen-bond donors (Lipinski definition) is 0. The van der Waals surface area contributed by atoms with Gasteiger partial charge in [-0.25, -0.2) is 0 Å². The molecular weight excluding hydrogens is 230 g/mol. The van der Waals surface area contributed by atoms with E-state index in [0.717, 1.165) is 32.4 Å². The van der Waals surface area contributed by atoms with Gasteiger partial charge in [0.25, 0.3) is 0 Å². The minimum Gasteiger partial charge on any atom is -0.415 e. The summed E-state index contributed by atoms with van der Waals surface area (Å²) in [5.41, 5.74) is 0. The molecule has 0 saturated carbocycles. The fraction of sp³-hybridized carbons (Fsp3) is 0.923. The second-order valence-electron chi connectivity index (χ2n) is 6.56. The number of amides is 1. The highest BCUT2D eigenvalue weighted by Gasteiger charge is 2.38. The van der Waals surface area contributed by atoms with Crippen molar-refractivity contribution in [3.8, 4) is 0 Å². The van der Waals surface area contributed by atoms with Crippen LogP contribution in [0.3, 0.4) is 0 Å². The SMILES string of the molecule is CC(C)(C)[Si](C)(C)OCC1CCCCN1C=O. The van der Waals surface area contributed by atoms with E-state index in [-0.39, 0.29) is 5.04 Å². The van der Waals surface area contributed by atoms with Crippen LogP contribution in [0.1, 0.15) is 40.0 Å². The van der Waals surface area contributed by atoms with Gasteiger partial charge in [-0.3, -0.25) is 4.79 Å². The molecule has 1 aliphatic rings. The van der Waals surface area contributed by atoms with Crippen LogP contribution in [0.5, 0.6) is 0 Å². The summed E-state index contributed by atoms with van der Waals surface area (Å²) < 4.78 is 6.20. The molecule has 0 aromatic rings. The van der Waals surface area contributed by atoms with E-state index in [1.807, 2.05) is 4.90 Å². The number of piperidine rings is 1. The van der Waals surface area contributed by atoms with Crippen molar-refractivity contribution in [3.05, 3.63) is 0 Å². The molecule has 0 N–H and O–H groups in total. The van der Waals surface area contributed by atoms with Gasteiger partial charge in [0.05, 0.1) is 12.6 Å². The van der Waals surface area contributed by atoms with Crippen LogP contribution >= 0.6 is 0 Å². The fourth-order valence-corrected chi connectivity index (χ4v) is 2.90. The van der Waals surface area contributed by atoms with Gasteiger partial charge < -0.3 is 9.33 Å². The van der Waals surface area contributed by atoms with E-state index in [1.165, 1.54) is 6.42 Å². The highest BCUT2D eigenvalue weighted by Crippen LogP contribution is 2.36. The number of carbonyl (C=O) groups is 1. The predicted molar refractivity (Wildman–Crippen MR) is 73.6 cm³/mol. The Balaban J connectivity index is 2.51. The molecule has 0 radical (unpaired) electrons. The molecule has 0 aromatic heterocycles. The molecule has 1 heterocycles. The van der Waals surface area contributed by atoms with Crippen molar-refractivity contribution in [2.45, 2.75) is 64.2 Å². The van der Waals surface area contributed by atoms with Crippen LogP contribution in [0.2, 0.25) is 18.1 Å². The summed E-state index contributed by atoms with van der Waals surface area (Å²) in [5.74, 6) is 0. The normalized spacial score (nSPS) is 22.6. The highest BCUT2D eigenvalue weighted by atomic mass is 28.4. The van der Waals surface area contributed by atoms with E-state index in [1.54, 1.807) is 0 Å². The molecule has 1 saturated heterocycles. The van der Waals surface area contributed by atoms with Gasteiger partial charge in [-0.1, -0.05) is 20.8 Å². The summed E-state index contributed by atoms with van der Waals surface area (Å²) in [6.45, 7) is 12.9. The molecule has 0 aromatic carbocycles. The zero-order valence-electron chi connectivity index (χ0n) is 12.0. The molecule has 1 unspecified atom stereocenters. The van der Waals surface area contributed by atoms with Gasteiger partial charge in [-0.05, 0) is 37.4 Å². The number of likely N-dealkylation sites (tertiary alicyclic amines) is 1. The average Bonchev–Trinajstić information content (AvgIpc) is 2.25.